The van der Waals surface area contributed by atoms with Gasteiger partial charge in [-0.05, 0) is 11.6 Å². The van der Waals surface area contributed by atoms with Crippen LogP contribution < -0.4 is 10.2 Å². The molecule has 2 aromatic heterocycles. The van der Waals surface area contributed by atoms with Crippen LogP contribution in [-0.2, 0) is 11.2 Å². The first-order valence-corrected chi connectivity index (χ1v) is 10.2. The molecule has 4 rings (SSSR count). The largest absolute Gasteiger partial charge is 0.488 e. The van der Waals surface area contributed by atoms with Gasteiger partial charge >= 0.3 is 0 Å². The van der Waals surface area contributed by atoms with E-state index in [0.29, 0.717) is 24.8 Å². The van der Waals surface area contributed by atoms with Crippen LogP contribution in [0.2, 0.25) is 0 Å². The molecule has 0 spiro atoms. The first-order chi connectivity index (χ1) is 16.4. The summed E-state index contributed by atoms with van der Waals surface area (Å²) in [5.41, 5.74) is 1.22. The minimum atomic E-state index is -1.57. The maximum absolute atomic E-state index is 13.6. The molecule has 2 heterocycles. The van der Waals surface area contributed by atoms with Crippen LogP contribution in [0.15, 0.2) is 65.8 Å². The Bertz CT molecular complexity index is 1340. The molecule has 4 aromatic rings. The highest BCUT2D eigenvalue weighted by Gasteiger charge is 2.13. The van der Waals surface area contributed by atoms with Gasteiger partial charge in [-0.2, -0.15) is 5.10 Å². The van der Waals surface area contributed by atoms with Gasteiger partial charge in [0.05, 0.1) is 24.7 Å². The first kappa shape index (κ1) is 23.1. The van der Waals surface area contributed by atoms with E-state index in [2.05, 4.69) is 15.1 Å². The molecule has 2 aromatic carbocycles. The molecular weight excluding hydrogens is 449 g/mol. The number of nitrogens with zero attached hydrogens (tertiary/aromatic N) is 4. The number of hydrogen-bond donors (Lipinski definition) is 0. The zero-order valence-electron chi connectivity index (χ0n) is 18.0. The Morgan fingerprint density at radius 3 is 2.41 bits per heavy atom. The Morgan fingerprint density at radius 2 is 1.71 bits per heavy atom. The second kappa shape index (κ2) is 10.3. The topological polar surface area (TPSA) is 79.1 Å². The third-order valence-corrected chi connectivity index (χ3v) is 4.85. The molecule has 0 atom stereocenters. The Balaban J connectivity index is 1.56. The van der Waals surface area contributed by atoms with Crippen molar-refractivity contribution in [1.82, 2.24) is 19.7 Å². The SMILES string of the molecule is COCCOc1cnc(-c2cccc(Cc3nn(-c4cc(F)c(F)c(F)c4)ccc3=O)c2)nc1. The number of aromatic nitrogens is 4. The highest BCUT2D eigenvalue weighted by atomic mass is 19.2. The lowest BCUT2D eigenvalue weighted by molar-refractivity contribution is 0.146. The van der Waals surface area contributed by atoms with Crippen molar-refractivity contribution in [3.63, 3.8) is 0 Å². The molecule has 0 saturated carbocycles. The Labute approximate surface area is 192 Å². The van der Waals surface area contributed by atoms with Crippen molar-refractivity contribution in [2.45, 2.75) is 6.42 Å². The molecule has 7 nitrogen and oxygen atoms in total. The van der Waals surface area contributed by atoms with Gasteiger partial charge in [0.25, 0.3) is 0 Å². The van der Waals surface area contributed by atoms with E-state index in [0.717, 1.165) is 27.9 Å². The van der Waals surface area contributed by atoms with Gasteiger partial charge in [-0.1, -0.05) is 18.2 Å². The summed E-state index contributed by atoms with van der Waals surface area (Å²) in [6.45, 7) is 0.831. The van der Waals surface area contributed by atoms with Crippen molar-refractivity contribution < 1.29 is 22.6 Å². The quantitative estimate of drug-likeness (QED) is 0.290. The Hall–Kier alpha value is -4.05. The summed E-state index contributed by atoms with van der Waals surface area (Å²) in [7, 11) is 1.58. The number of benzene rings is 2. The summed E-state index contributed by atoms with van der Waals surface area (Å²) in [6.07, 6.45) is 4.53. The standard InChI is InChI=1S/C24H19F3N4O3/c1-33-7-8-34-18-13-28-24(29-14-18)16-4-2-3-15(9-16)10-21-22(32)5-6-31(30-21)17-11-19(25)23(27)20(26)12-17/h2-6,9,11-14H,7-8,10H2,1H3. The van der Waals surface area contributed by atoms with Crippen molar-refractivity contribution in [2.75, 3.05) is 20.3 Å². The highest BCUT2D eigenvalue weighted by Crippen LogP contribution is 2.20. The van der Waals surface area contributed by atoms with Crippen LogP contribution in [0.5, 0.6) is 5.75 Å². The van der Waals surface area contributed by atoms with Gasteiger partial charge in [0.2, 0.25) is 5.43 Å². The fraction of sp³-hybridized carbons (Fsp3) is 0.167. The molecule has 0 amide bonds. The summed E-state index contributed by atoms with van der Waals surface area (Å²) in [4.78, 5) is 21.0. The lowest BCUT2D eigenvalue weighted by Crippen LogP contribution is -2.16. The molecular formula is C24H19F3N4O3. The van der Waals surface area contributed by atoms with E-state index in [-0.39, 0.29) is 23.2 Å². The van der Waals surface area contributed by atoms with E-state index >= 15 is 0 Å². The van der Waals surface area contributed by atoms with Crippen LogP contribution in [0.1, 0.15) is 11.3 Å². The molecule has 0 aliphatic carbocycles. The average Bonchev–Trinajstić information content (AvgIpc) is 2.84. The van der Waals surface area contributed by atoms with Gasteiger partial charge in [0.15, 0.2) is 29.0 Å². The summed E-state index contributed by atoms with van der Waals surface area (Å²) in [6, 6.07) is 10.1. The van der Waals surface area contributed by atoms with Crippen molar-refractivity contribution in [3.8, 4) is 22.8 Å². The van der Waals surface area contributed by atoms with Crippen molar-refractivity contribution in [1.29, 1.82) is 0 Å². The minimum absolute atomic E-state index is 0.0485. The number of rotatable bonds is 8. The lowest BCUT2D eigenvalue weighted by atomic mass is 10.1. The summed E-state index contributed by atoms with van der Waals surface area (Å²) in [5.74, 6) is -3.28. The minimum Gasteiger partial charge on any atom is -0.488 e. The van der Waals surface area contributed by atoms with Crippen molar-refractivity contribution in [3.05, 3.63) is 100.0 Å². The predicted octanol–water partition coefficient (Wildman–Crippen LogP) is 3.72. The molecule has 34 heavy (non-hydrogen) atoms. The summed E-state index contributed by atoms with van der Waals surface area (Å²) in [5, 5.41) is 4.19. The maximum atomic E-state index is 13.6. The van der Waals surface area contributed by atoms with E-state index in [4.69, 9.17) is 9.47 Å². The first-order valence-electron chi connectivity index (χ1n) is 10.2. The van der Waals surface area contributed by atoms with Crippen LogP contribution >= 0.6 is 0 Å². The van der Waals surface area contributed by atoms with E-state index in [1.807, 2.05) is 12.1 Å². The van der Waals surface area contributed by atoms with E-state index in [1.54, 1.807) is 31.6 Å². The summed E-state index contributed by atoms with van der Waals surface area (Å²) >= 11 is 0. The molecule has 0 aliphatic heterocycles. The van der Waals surface area contributed by atoms with Crippen LogP contribution in [0, 0.1) is 17.5 Å². The highest BCUT2D eigenvalue weighted by molar-refractivity contribution is 5.56. The van der Waals surface area contributed by atoms with Gasteiger partial charge in [0.1, 0.15) is 12.3 Å². The molecule has 0 bridgehead atoms. The normalized spacial score (nSPS) is 10.9. The Kier molecular flexibility index (Phi) is 6.98. The van der Waals surface area contributed by atoms with Crippen LogP contribution in [0.3, 0.4) is 0 Å². The van der Waals surface area contributed by atoms with Gasteiger partial charge in [-0.25, -0.2) is 27.8 Å². The van der Waals surface area contributed by atoms with E-state index in [1.165, 1.54) is 12.3 Å². The molecule has 0 saturated heterocycles. The second-order valence-corrected chi connectivity index (χ2v) is 7.26. The van der Waals surface area contributed by atoms with Gasteiger partial charge in [0, 0.05) is 43.5 Å². The fourth-order valence-electron chi connectivity index (χ4n) is 3.18. The lowest BCUT2D eigenvalue weighted by Gasteiger charge is -2.09. The summed E-state index contributed by atoms with van der Waals surface area (Å²) < 4.78 is 52.0. The molecule has 0 aliphatic rings. The fourth-order valence-corrected chi connectivity index (χ4v) is 3.18. The predicted molar refractivity (Wildman–Crippen MR) is 117 cm³/mol. The average molecular weight is 468 g/mol. The molecule has 10 heteroatoms. The van der Waals surface area contributed by atoms with Crippen LogP contribution in [0.25, 0.3) is 17.1 Å². The number of methoxy groups -OCH3 is 1. The van der Waals surface area contributed by atoms with Crippen LogP contribution in [0.4, 0.5) is 13.2 Å². The van der Waals surface area contributed by atoms with Gasteiger partial charge in [-0.3, -0.25) is 4.79 Å². The number of halogens is 3. The van der Waals surface area contributed by atoms with Crippen LogP contribution in [-0.4, -0.2) is 40.1 Å². The third-order valence-electron chi connectivity index (χ3n) is 4.85. The second-order valence-electron chi connectivity index (χ2n) is 7.26. The van der Waals surface area contributed by atoms with Crippen molar-refractivity contribution in [2.24, 2.45) is 0 Å². The smallest absolute Gasteiger partial charge is 0.203 e. The molecule has 0 N–H and O–H groups in total. The zero-order chi connectivity index (χ0) is 24.1. The van der Waals surface area contributed by atoms with Gasteiger partial charge < -0.3 is 9.47 Å². The third kappa shape index (κ3) is 5.29. The number of hydrogen-bond acceptors (Lipinski definition) is 6. The molecule has 0 radical (unpaired) electrons. The molecule has 0 fully saturated rings. The molecule has 0 unspecified atom stereocenters. The van der Waals surface area contributed by atoms with Gasteiger partial charge in [-0.15, -0.1) is 0 Å². The maximum Gasteiger partial charge on any atom is 0.203 e. The van der Waals surface area contributed by atoms with E-state index < -0.39 is 17.5 Å². The number of ether oxygens (including phenoxy) is 2. The Morgan fingerprint density at radius 1 is 0.971 bits per heavy atom. The van der Waals surface area contributed by atoms with E-state index in [9.17, 15) is 18.0 Å². The monoisotopic (exact) mass is 468 g/mol. The van der Waals surface area contributed by atoms with Crippen molar-refractivity contribution >= 4 is 0 Å². The molecule has 174 valence electrons. The zero-order valence-corrected chi connectivity index (χ0v) is 18.0.